The maximum Gasteiger partial charge on any atom is 0.231 e. The highest BCUT2D eigenvalue weighted by Gasteiger charge is 2.21. The zero-order valence-electron chi connectivity index (χ0n) is 15.8. The monoisotopic (exact) mass is 521 g/mol. The van der Waals surface area contributed by atoms with Gasteiger partial charge in [0.1, 0.15) is 12.1 Å². The summed E-state index contributed by atoms with van der Waals surface area (Å²) in [4.78, 5) is 13.9. The molecule has 2 aromatic carbocycles. The van der Waals surface area contributed by atoms with Gasteiger partial charge in [0.2, 0.25) is 6.79 Å². The lowest BCUT2D eigenvalue weighted by Crippen LogP contribution is -2.05. The number of fused-ring (bicyclic) bond motifs is 2. The number of nitrogen functional groups attached to an aromatic ring is 1. The Hall–Kier alpha value is -2.56. The molecule has 0 unspecified atom stereocenters. The van der Waals surface area contributed by atoms with E-state index < -0.39 is 0 Å². The molecular formula is C20H14BrClFN5O2S. The average Bonchev–Trinajstić information content (AvgIpc) is 3.32. The second kappa shape index (κ2) is 8.18. The number of nitrogens with two attached hydrogens (primary N) is 1. The molecule has 31 heavy (non-hydrogen) atoms. The molecule has 1 aliphatic heterocycles. The number of benzene rings is 2. The molecule has 1 aliphatic rings. The fourth-order valence-corrected chi connectivity index (χ4v) is 4.91. The van der Waals surface area contributed by atoms with E-state index in [4.69, 9.17) is 26.8 Å². The first-order chi connectivity index (χ1) is 15.0. The molecule has 2 N–H and O–H groups in total. The predicted molar refractivity (Wildman–Crippen MR) is 119 cm³/mol. The predicted octanol–water partition coefficient (Wildman–Crippen LogP) is 5.09. The van der Waals surface area contributed by atoms with Crippen LogP contribution in [0.25, 0.3) is 11.2 Å². The summed E-state index contributed by atoms with van der Waals surface area (Å²) in [5.74, 6) is 1.28. The minimum Gasteiger partial charge on any atom is -0.454 e. The number of aromatic nitrogens is 4. The molecular weight excluding hydrogens is 509 g/mol. The topological polar surface area (TPSA) is 88.1 Å². The molecule has 2 aromatic heterocycles. The Kier molecular flexibility index (Phi) is 5.37. The fourth-order valence-electron chi connectivity index (χ4n) is 3.25. The maximum atomic E-state index is 14.3. The van der Waals surface area contributed by atoms with Gasteiger partial charge in [-0.25, -0.2) is 19.3 Å². The van der Waals surface area contributed by atoms with Crippen LogP contribution >= 0.6 is 39.3 Å². The minimum absolute atomic E-state index is 0.188. The number of ether oxygens (including phenoxy) is 2. The highest BCUT2D eigenvalue weighted by molar-refractivity contribution is 9.10. The summed E-state index contributed by atoms with van der Waals surface area (Å²) in [6.45, 7) is 0.628. The number of imidazole rings is 1. The van der Waals surface area contributed by atoms with E-state index in [0.29, 0.717) is 51.4 Å². The molecule has 0 atom stereocenters. The van der Waals surface area contributed by atoms with Crippen LogP contribution in [0.15, 0.2) is 51.2 Å². The van der Waals surface area contributed by atoms with Gasteiger partial charge >= 0.3 is 0 Å². The van der Waals surface area contributed by atoms with Gasteiger partial charge < -0.3 is 19.8 Å². The van der Waals surface area contributed by atoms with E-state index in [1.807, 2.05) is 16.7 Å². The van der Waals surface area contributed by atoms with Crippen molar-refractivity contribution >= 4 is 56.3 Å². The van der Waals surface area contributed by atoms with Crippen molar-refractivity contribution in [3.05, 3.63) is 57.5 Å². The molecule has 4 aromatic rings. The number of anilines is 1. The Balaban J connectivity index is 1.53. The summed E-state index contributed by atoms with van der Waals surface area (Å²) in [5, 5.41) is 1.01. The molecule has 3 heterocycles. The zero-order valence-corrected chi connectivity index (χ0v) is 19.0. The van der Waals surface area contributed by atoms with E-state index >= 15 is 0 Å². The smallest absolute Gasteiger partial charge is 0.231 e. The molecule has 0 fully saturated rings. The third kappa shape index (κ3) is 3.90. The van der Waals surface area contributed by atoms with Crippen molar-refractivity contribution in [3.63, 3.8) is 0 Å². The summed E-state index contributed by atoms with van der Waals surface area (Å²) in [7, 11) is 0. The molecule has 158 valence electrons. The minimum atomic E-state index is -0.348. The van der Waals surface area contributed by atoms with Crippen molar-refractivity contribution in [2.75, 3.05) is 12.5 Å². The van der Waals surface area contributed by atoms with Crippen molar-refractivity contribution in [1.29, 1.82) is 0 Å². The van der Waals surface area contributed by atoms with Gasteiger partial charge in [-0.05, 0) is 52.2 Å². The van der Waals surface area contributed by atoms with Gasteiger partial charge in [-0.15, -0.1) is 0 Å². The molecule has 5 rings (SSSR count). The second-order valence-corrected chi connectivity index (χ2v) is 9.00. The van der Waals surface area contributed by atoms with E-state index in [0.717, 1.165) is 9.37 Å². The van der Waals surface area contributed by atoms with E-state index in [9.17, 15) is 4.39 Å². The van der Waals surface area contributed by atoms with E-state index in [-0.39, 0.29) is 18.4 Å². The van der Waals surface area contributed by atoms with E-state index in [1.165, 1.54) is 24.2 Å². The first-order valence-corrected chi connectivity index (χ1v) is 11.2. The second-order valence-electron chi connectivity index (χ2n) is 6.70. The van der Waals surface area contributed by atoms with Crippen LogP contribution in [-0.4, -0.2) is 26.3 Å². The zero-order chi connectivity index (χ0) is 21.5. The first kappa shape index (κ1) is 20.3. The normalized spacial score (nSPS) is 12.6. The van der Waals surface area contributed by atoms with Gasteiger partial charge in [0.25, 0.3) is 0 Å². The lowest BCUT2D eigenvalue weighted by atomic mass is 10.1. The SMILES string of the molecule is Nc1ncnc2c1nc(Sc1cc3c(cc1Br)OCO3)n2CCc1ccc(Cl)cc1F. The summed E-state index contributed by atoms with van der Waals surface area (Å²) >= 11 is 10.9. The van der Waals surface area contributed by atoms with Crippen LogP contribution in [0.1, 0.15) is 5.56 Å². The number of hydrogen-bond donors (Lipinski definition) is 1. The molecule has 0 saturated heterocycles. The Morgan fingerprint density at radius 1 is 1.19 bits per heavy atom. The van der Waals surface area contributed by atoms with Gasteiger partial charge in [-0.3, -0.25) is 0 Å². The number of hydrogen-bond acceptors (Lipinski definition) is 7. The summed E-state index contributed by atoms with van der Waals surface area (Å²) in [5.41, 5.74) is 7.66. The summed E-state index contributed by atoms with van der Waals surface area (Å²) in [6.07, 6.45) is 1.82. The Bertz CT molecular complexity index is 1320. The van der Waals surface area contributed by atoms with Crippen LogP contribution in [0.3, 0.4) is 0 Å². The summed E-state index contributed by atoms with van der Waals surface area (Å²) < 4.78 is 27.9. The highest BCUT2D eigenvalue weighted by atomic mass is 79.9. The van der Waals surface area contributed by atoms with Gasteiger partial charge in [0.05, 0.1) is 0 Å². The molecule has 11 heteroatoms. The van der Waals surface area contributed by atoms with Gasteiger partial charge in [0, 0.05) is 20.9 Å². The largest absolute Gasteiger partial charge is 0.454 e. The third-order valence-electron chi connectivity index (χ3n) is 4.77. The molecule has 0 radical (unpaired) electrons. The highest BCUT2D eigenvalue weighted by Crippen LogP contribution is 2.43. The average molecular weight is 523 g/mol. The van der Waals surface area contributed by atoms with Crippen LogP contribution in [0.2, 0.25) is 5.02 Å². The summed E-state index contributed by atoms with van der Waals surface area (Å²) in [6, 6.07) is 8.40. The number of nitrogens with zero attached hydrogens (tertiary/aromatic N) is 4. The van der Waals surface area contributed by atoms with Crippen molar-refractivity contribution < 1.29 is 13.9 Å². The maximum absolute atomic E-state index is 14.3. The van der Waals surface area contributed by atoms with Crippen LogP contribution in [0.5, 0.6) is 11.5 Å². The molecule has 7 nitrogen and oxygen atoms in total. The fraction of sp³-hybridized carbons (Fsp3) is 0.150. The van der Waals surface area contributed by atoms with Crippen molar-refractivity contribution in [3.8, 4) is 11.5 Å². The van der Waals surface area contributed by atoms with Gasteiger partial charge in [0.15, 0.2) is 33.6 Å². The molecule has 0 saturated carbocycles. The number of aryl methyl sites for hydroxylation is 2. The standard InChI is InChI=1S/C20H14BrClFN5O2S/c21-12-6-14-15(30-9-29-14)7-16(12)31-20-27-17-18(24)25-8-26-19(17)28(20)4-3-10-1-2-11(22)5-13(10)23/h1-2,5-8H,3-4,9H2,(H2,24,25,26). The van der Waals surface area contributed by atoms with Crippen LogP contribution in [0, 0.1) is 5.82 Å². The van der Waals surface area contributed by atoms with Crippen LogP contribution < -0.4 is 15.2 Å². The lowest BCUT2D eigenvalue weighted by Gasteiger charge is -2.10. The molecule has 0 spiro atoms. The van der Waals surface area contributed by atoms with Gasteiger partial charge in [-0.1, -0.05) is 29.4 Å². The quantitative estimate of drug-likeness (QED) is 0.391. The van der Waals surface area contributed by atoms with E-state index in [2.05, 4.69) is 30.9 Å². The number of halogens is 3. The Morgan fingerprint density at radius 3 is 2.81 bits per heavy atom. The van der Waals surface area contributed by atoms with Gasteiger partial charge in [-0.2, -0.15) is 0 Å². The third-order valence-corrected chi connectivity index (χ3v) is 6.98. The Labute approximate surface area is 193 Å². The first-order valence-electron chi connectivity index (χ1n) is 9.17. The molecule has 0 aliphatic carbocycles. The van der Waals surface area contributed by atoms with E-state index in [1.54, 1.807) is 12.1 Å². The molecule has 0 bridgehead atoms. The lowest BCUT2D eigenvalue weighted by molar-refractivity contribution is 0.174. The van der Waals surface area contributed by atoms with Crippen molar-refractivity contribution in [2.45, 2.75) is 23.0 Å². The van der Waals surface area contributed by atoms with Crippen LogP contribution in [0.4, 0.5) is 10.2 Å². The molecule has 0 amide bonds. The van der Waals surface area contributed by atoms with Crippen molar-refractivity contribution in [2.24, 2.45) is 0 Å². The Morgan fingerprint density at radius 2 is 2.00 bits per heavy atom. The number of rotatable bonds is 5. The van der Waals surface area contributed by atoms with Crippen LogP contribution in [-0.2, 0) is 13.0 Å². The van der Waals surface area contributed by atoms with Crippen molar-refractivity contribution in [1.82, 2.24) is 19.5 Å².